The van der Waals surface area contributed by atoms with Gasteiger partial charge in [0.1, 0.15) is 0 Å². The number of fused-ring (bicyclic) bond motifs is 1. The van der Waals surface area contributed by atoms with Gasteiger partial charge in [0.15, 0.2) is 0 Å². The van der Waals surface area contributed by atoms with Crippen LogP contribution in [0.5, 0.6) is 0 Å². The van der Waals surface area contributed by atoms with Crippen molar-refractivity contribution in [1.29, 1.82) is 0 Å². The van der Waals surface area contributed by atoms with Gasteiger partial charge in [-0.3, -0.25) is 0 Å². The van der Waals surface area contributed by atoms with Gasteiger partial charge in [0, 0.05) is 11.1 Å². The number of aromatic nitrogens is 1. The molecule has 0 aliphatic carbocycles. The summed E-state index contributed by atoms with van der Waals surface area (Å²) >= 11 is 0. The van der Waals surface area contributed by atoms with E-state index in [0.717, 1.165) is 22.5 Å². The van der Waals surface area contributed by atoms with Crippen LogP contribution in [-0.2, 0) is 0 Å². The highest BCUT2D eigenvalue weighted by Crippen LogP contribution is 2.33. The number of benzene rings is 7. The van der Waals surface area contributed by atoms with E-state index in [1.54, 1.807) is 0 Å². The lowest BCUT2D eigenvalue weighted by atomic mass is 9.96. The van der Waals surface area contributed by atoms with Crippen LogP contribution in [0.1, 0.15) is 0 Å². The molecule has 19 rings (SSSR count). The van der Waals surface area contributed by atoms with E-state index in [2.05, 4.69) is 188 Å². The molecule has 12 heterocycles. The summed E-state index contributed by atoms with van der Waals surface area (Å²) < 4.78 is 0. The lowest BCUT2D eigenvalue weighted by molar-refractivity contribution is 1.32. The number of hydrogen-bond acceptors (Lipinski definition) is 1. The van der Waals surface area contributed by atoms with Gasteiger partial charge in [0.05, 0.1) is 11.4 Å². The summed E-state index contributed by atoms with van der Waals surface area (Å²) in [6.45, 7) is 0. The third kappa shape index (κ3) is 5.32. The van der Waals surface area contributed by atoms with Crippen molar-refractivity contribution in [2.45, 2.75) is 0 Å². The van der Waals surface area contributed by atoms with Gasteiger partial charge in [0.25, 0.3) is 0 Å². The van der Waals surface area contributed by atoms with Gasteiger partial charge in [-0.05, 0) is 78.9 Å². The van der Waals surface area contributed by atoms with Gasteiger partial charge in [-0.25, -0.2) is 4.98 Å². The Hall–Kier alpha value is -6.31. The summed E-state index contributed by atoms with van der Waals surface area (Å²) in [6.07, 6.45) is 0. The monoisotopic (exact) mass is 609 g/mol. The van der Waals surface area contributed by atoms with Crippen LogP contribution in [0.15, 0.2) is 188 Å². The SMILES string of the molecule is c1cc2nc(c1)-c1ccc(cc1)-c1ccc(cc1)-c1ccc(cc1)-c1ccc(cc1)-c1ccc(cc1)-c1ccc(cc1)-c1ccc-2cc1. The molecular formula is C47H31N. The highest BCUT2D eigenvalue weighted by atomic mass is 14.7. The lowest BCUT2D eigenvalue weighted by Crippen LogP contribution is -1.89. The fourth-order valence-electron chi connectivity index (χ4n) is 6.70. The first-order valence-corrected chi connectivity index (χ1v) is 16.4. The second kappa shape index (κ2) is 11.8. The predicted octanol–water partition coefficient (Wildman–Crippen LogP) is 12.7. The summed E-state index contributed by atoms with van der Waals surface area (Å²) in [5.74, 6) is 0. The average Bonchev–Trinajstić information content (AvgIpc) is 3.18. The van der Waals surface area contributed by atoms with Gasteiger partial charge < -0.3 is 0 Å². The summed E-state index contributed by atoms with van der Waals surface area (Å²) in [4.78, 5) is 5.04. The first-order valence-electron chi connectivity index (χ1n) is 16.4. The molecule has 16 bridgehead atoms. The van der Waals surface area contributed by atoms with E-state index < -0.39 is 0 Å². The van der Waals surface area contributed by atoms with Crippen LogP contribution in [0, 0.1) is 0 Å². The zero-order chi connectivity index (χ0) is 31.9. The quantitative estimate of drug-likeness (QED) is 0.167. The zero-order valence-electron chi connectivity index (χ0n) is 26.3. The molecule has 0 amide bonds. The van der Waals surface area contributed by atoms with Crippen LogP contribution in [0.4, 0.5) is 0 Å². The van der Waals surface area contributed by atoms with Gasteiger partial charge in [0.2, 0.25) is 0 Å². The molecular weight excluding hydrogens is 579 g/mol. The van der Waals surface area contributed by atoms with Crippen molar-refractivity contribution in [3.63, 3.8) is 0 Å². The Morgan fingerprint density at radius 1 is 0.167 bits per heavy atom. The molecule has 1 heteroatoms. The van der Waals surface area contributed by atoms with E-state index in [0.29, 0.717) is 0 Å². The molecule has 7 aromatic carbocycles. The first-order chi connectivity index (χ1) is 23.7. The van der Waals surface area contributed by atoms with Crippen molar-refractivity contribution >= 4 is 0 Å². The average molecular weight is 610 g/mol. The maximum atomic E-state index is 5.04. The van der Waals surface area contributed by atoms with Crippen molar-refractivity contribution in [3.05, 3.63) is 188 Å². The van der Waals surface area contributed by atoms with Crippen molar-refractivity contribution < 1.29 is 0 Å². The number of pyridine rings is 1. The standard InChI is InChI=1S/C47H31N/c1-2-46-44-28-24-42(25-29-44)40-20-16-38(17-21-40)36-12-8-34(9-13-36)32-4-6-33(7-5-32)35-10-14-37(15-11-35)39-18-22-41(23-19-39)43-26-30-45(31-27-43)47(3-1)48-46/h1-31H. The molecule has 224 valence electrons. The molecule has 0 atom stereocenters. The minimum Gasteiger partial charge on any atom is -0.248 e. The van der Waals surface area contributed by atoms with Crippen LogP contribution < -0.4 is 0 Å². The van der Waals surface area contributed by atoms with E-state index >= 15 is 0 Å². The van der Waals surface area contributed by atoms with E-state index in [1.807, 2.05) is 0 Å². The Morgan fingerprint density at radius 3 is 0.479 bits per heavy atom. The number of nitrogens with zero attached hydrogens (tertiary/aromatic N) is 1. The molecule has 0 radical (unpaired) electrons. The Bertz CT molecular complexity index is 2180. The Labute approximate surface area is 281 Å². The molecule has 0 saturated carbocycles. The van der Waals surface area contributed by atoms with Gasteiger partial charge in [-0.15, -0.1) is 0 Å². The summed E-state index contributed by atoms with van der Waals surface area (Å²) in [5, 5.41) is 0. The van der Waals surface area contributed by atoms with E-state index in [4.69, 9.17) is 4.98 Å². The fraction of sp³-hybridized carbons (Fsp3) is 0. The minimum absolute atomic E-state index is 0.969. The van der Waals surface area contributed by atoms with Crippen LogP contribution >= 0.6 is 0 Å². The van der Waals surface area contributed by atoms with E-state index in [1.165, 1.54) is 66.8 Å². The smallest absolute Gasteiger partial charge is 0.0709 e. The summed E-state index contributed by atoms with van der Waals surface area (Å²) in [7, 11) is 0. The predicted molar refractivity (Wildman–Crippen MR) is 201 cm³/mol. The third-order valence-electron chi connectivity index (χ3n) is 9.53. The Kier molecular flexibility index (Phi) is 6.87. The molecule has 0 saturated heterocycles. The topological polar surface area (TPSA) is 12.9 Å². The second-order valence-corrected chi connectivity index (χ2v) is 12.4. The van der Waals surface area contributed by atoms with Gasteiger partial charge >= 0.3 is 0 Å². The highest BCUT2D eigenvalue weighted by Gasteiger charge is 2.08. The van der Waals surface area contributed by atoms with E-state index in [9.17, 15) is 0 Å². The summed E-state index contributed by atoms with van der Waals surface area (Å²) in [6, 6.07) is 68.0. The van der Waals surface area contributed by atoms with Gasteiger partial charge in [-0.2, -0.15) is 0 Å². The highest BCUT2D eigenvalue weighted by molar-refractivity contribution is 5.78. The lowest BCUT2D eigenvalue weighted by Gasteiger charge is -2.09. The normalized spacial score (nSPS) is 11.3. The largest absolute Gasteiger partial charge is 0.248 e. The zero-order valence-corrected chi connectivity index (χ0v) is 26.3. The van der Waals surface area contributed by atoms with Gasteiger partial charge in [-0.1, -0.05) is 176 Å². The molecule has 0 spiro atoms. The van der Waals surface area contributed by atoms with Crippen molar-refractivity contribution in [1.82, 2.24) is 4.98 Å². The first kappa shape index (κ1) is 28.0. The molecule has 0 fully saturated rings. The number of rotatable bonds is 0. The van der Waals surface area contributed by atoms with E-state index in [-0.39, 0.29) is 0 Å². The minimum atomic E-state index is 0.969. The fourth-order valence-corrected chi connectivity index (χ4v) is 6.70. The molecule has 11 aliphatic rings. The second-order valence-electron chi connectivity index (χ2n) is 12.4. The Morgan fingerprint density at radius 2 is 0.312 bits per heavy atom. The molecule has 48 heavy (non-hydrogen) atoms. The number of hydrogen-bond donors (Lipinski definition) is 0. The molecule has 1 aromatic heterocycles. The van der Waals surface area contributed by atoms with Crippen LogP contribution in [0.2, 0.25) is 0 Å². The summed E-state index contributed by atoms with van der Waals surface area (Å²) in [5.41, 5.74) is 18.6. The molecule has 0 unspecified atom stereocenters. The van der Waals surface area contributed by atoms with Crippen molar-refractivity contribution in [3.8, 4) is 89.3 Å². The van der Waals surface area contributed by atoms with Crippen LogP contribution in [0.25, 0.3) is 89.3 Å². The Balaban J connectivity index is 1.10. The molecule has 1 nitrogen and oxygen atoms in total. The van der Waals surface area contributed by atoms with Crippen molar-refractivity contribution in [2.24, 2.45) is 0 Å². The van der Waals surface area contributed by atoms with Crippen LogP contribution in [0.3, 0.4) is 0 Å². The van der Waals surface area contributed by atoms with Crippen LogP contribution in [-0.4, -0.2) is 4.98 Å². The molecule has 8 aromatic rings. The third-order valence-corrected chi connectivity index (χ3v) is 9.53. The maximum absolute atomic E-state index is 5.04. The van der Waals surface area contributed by atoms with Crippen molar-refractivity contribution in [2.75, 3.05) is 0 Å². The molecule has 0 N–H and O–H groups in total. The molecule has 11 aliphatic heterocycles. The maximum Gasteiger partial charge on any atom is 0.0709 e.